The summed E-state index contributed by atoms with van der Waals surface area (Å²) < 4.78 is 68.0. The van der Waals surface area contributed by atoms with Crippen LogP contribution in [0.1, 0.15) is 324 Å². The molecule has 3 N–H and O–H groups in total. The lowest BCUT2D eigenvalue weighted by atomic mass is 10.0. The van der Waals surface area contributed by atoms with E-state index in [-0.39, 0.29) is 25.7 Å². The van der Waals surface area contributed by atoms with Crippen LogP contribution < -0.4 is 0 Å². The largest absolute Gasteiger partial charge is 0.472 e. The van der Waals surface area contributed by atoms with Crippen molar-refractivity contribution in [3.05, 3.63) is 0 Å². The zero-order chi connectivity index (χ0) is 62.2. The monoisotopic (exact) mass is 1240 g/mol. The molecule has 0 aromatic heterocycles. The van der Waals surface area contributed by atoms with Gasteiger partial charge in [-0.1, -0.05) is 273 Å². The van der Waals surface area contributed by atoms with Gasteiger partial charge in [-0.2, -0.15) is 0 Å². The first kappa shape index (κ1) is 82.1. The molecule has 5 atom stereocenters. The minimum absolute atomic E-state index is 0.102. The smallest absolute Gasteiger partial charge is 0.462 e. The van der Waals surface area contributed by atoms with Gasteiger partial charge in [-0.05, 0) is 37.5 Å². The number of carbonyl (C=O) groups excluding carboxylic acids is 4. The van der Waals surface area contributed by atoms with E-state index in [1.807, 2.05) is 0 Å². The van der Waals surface area contributed by atoms with Crippen LogP contribution in [0.4, 0.5) is 0 Å². The molecule has 0 spiro atoms. The number of aliphatic hydroxyl groups is 1. The molecule has 498 valence electrons. The van der Waals surface area contributed by atoms with Crippen LogP contribution in [0, 0.1) is 11.8 Å². The Morgan fingerprint density at radius 1 is 0.321 bits per heavy atom. The van der Waals surface area contributed by atoms with Gasteiger partial charge in [0.15, 0.2) is 12.2 Å². The first-order chi connectivity index (χ1) is 40.4. The molecule has 0 saturated heterocycles. The highest BCUT2D eigenvalue weighted by atomic mass is 31.2. The first-order valence-corrected chi connectivity index (χ1v) is 37.0. The zero-order valence-corrected chi connectivity index (χ0v) is 56.0. The summed E-state index contributed by atoms with van der Waals surface area (Å²) >= 11 is 0. The van der Waals surface area contributed by atoms with Crippen LogP contribution in [0.2, 0.25) is 0 Å². The minimum Gasteiger partial charge on any atom is -0.462 e. The number of phosphoric ester groups is 2. The third kappa shape index (κ3) is 59.0. The number of hydrogen-bond acceptors (Lipinski definition) is 15. The molecule has 0 saturated carbocycles. The van der Waals surface area contributed by atoms with E-state index in [4.69, 9.17) is 37.0 Å². The van der Waals surface area contributed by atoms with Crippen LogP contribution in [0.25, 0.3) is 0 Å². The molecule has 0 aliphatic carbocycles. The fraction of sp³-hybridized carbons (Fsp3) is 0.938. The fourth-order valence-corrected chi connectivity index (χ4v) is 11.3. The van der Waals surface area contributed by atoms with Crippen molar-refractivity contribution in [2.45, 2.75) is 342 Å². The number of esters is 4. The Kier molecular flexibility index (Phi) is 56.2. The van der Waals surface area contributed by atoms with Gasteiger partial charge in [-0.3, -0.25) is 37.3 Å². The van der Waals surface area contributed by atoms with Gasteiger partial charge >= 0.3 is 39.5 Å². The van der Waals surface area contributed by atoms with E-state index in [2.05, 4.69) is 41.5 Å². The molecule has 0 fully saturated rings. The lowest BCUT2D eigenvalue weighted by Gasteiger charge is -2.21. The molecule has 2 unspecified atom stereocenters. The van der Waals surface area contributed by atoms with E-state index in [1.54, 1.807) is 0 Å². The molecule has 0 aromatic carbocycles. The molecule has 84 heavy (non-hydrogen) atoms. The molecule has 0 rings (SSSR count). The predicted molar refractivity (Wildman–Crippen MR) is 335 cm³/mol. The van der Waals surface area contributed by atoms with Crippen molar-refractivity contribution < 1.29 is 80.2 Å². The number of aliphatic hydroxyl groups excluding tert-OH is 1. The summed E-state index contributed by atoms with van der Waals surface area (Å²) in [7, 11) is -9.89. The maximum absolute atomic E-state index is 13.0. The van der Waals surface area contributed by atoms with E-state index in [1.165, 1.54) is 135 Å². The third-order valence-corrected chi connectivity index (χ3v) is 16.9. The zero-order valence-electron chi connectivity index (χ0n) is 54.2. The summed E-state index contributed by atoms with van der Waals surface area (Å²) in [5.74, 6) is -0.759. The highest BCUT2D eigenvalue weighted by Gasteiger charge is 2.30. The van der Waals surface area contributed by atoms with E-state index in [0.29, 0.717) is 37.5 Å². The molecule has 0 aliphatic rings. The van der Waals surface area contributed by atoms with Gasteiger partial charge in [0.2, 0.25) is 0 Å². The minimum atomic E-state index is -4.94. The van der Waals surface area contributed by atoms with Crippen molar-refractivity contribution in [3.63, 3.8) is 0 Å². The fourth-order valence-electron chi connectivity index (χ4n) is 9.71. The quantitative estimate of drug-likeness (QED) is 0.0222. The average Bonchev–Trinajstić information content (AvgIpc) is 3.50. The highest BCUT2D eigenvalue weighted by Crippen LogP contribution is 2.45. The average molecular weight is 1240 g/mol. The molecular weight excluding hydrogens is 1110 g/mol. The van der Waals surface area contributed by atoms with Crippen LogP contribution in [-0.4, -0.2) is 96.7 Å². The molecule has 0 bridgehead atoms. The normalized spacial score (nSPS) is 14.3. The van der Waals surface area contributed by atoms with Crippen molar-refractivity contribution >= 4 is 39.5 Å². The number of carbonyl (C=O) groups is 4. The van der Waals surface area contributed by atoms with Crippen molar-refractivity contribution in [3.8, 4) is 0 Å². The van der Waals surface area contributed by atoms with E-state index >= 15 is 0 Å². The Labute approximate surface area is 511 Å². The predicted octanol–water partition coefficient (Wildman–Crippen LogP) is 18.0. The third-order valence-electron chi connectivity index (χ3n) is 15.0. The Morgan fingerprint density at radius 2 is 0.548 bits per heavy atom. The summed E-state index contributed by atoms with van der Waals surface area (Å²) in [5.41, 5.74) is 0. The molecule has 0 heterocycles. The SMILES string of the molecule is CCCCCCCCCCCCCCCCC(=O)O[C@H](COC(=O)CCCCCCCCCCCCC)COP(=O)(O)OC[C@@H](O)COP(=O)(O)OC[C@@H](COC(=O)CCCCCCCCC(C)C)OC(=O)CCCCCCCCCC(C)C. The topological polar surface area (TPSA) is 237 Å². The van der Waals surface area contributed by atoms with Gasteiger partial charge in [-0.25, -0.2) is 9.13 Å². The number of phosphoric acid groups is 2. The lowest BCUT2D eigenvalue weighted by Crippen LogP contribution is -2.30. The number of rotatable bonds is 64. The second-order valence-electron chi connectivity index (χ2n) is 24.5. The van der Waals surface area contributed by atoms with Gasteiger partial charge in [0.25, 0.3) is 0 Å². The van der Waals surface area contributed by atoms with Gasteiger partial charge in [-0.15, -0.1) is 0 Å². The van der Waals surface area contributed by atoms with Crippen molar-refractivity contribution in [2.75, 3.05) is 39.6 Å². The number of ether oxygens (including phenoxy) is 4. The van der Waals surface area contributed by atoms with E-state index < -0.39 is 97.5 Å². The first-order valence-electron chi connectivity index (χ1n) is 34.0. The Morgan fingerprint density at radius 3 is 0.810 bits per heavy atom. The number of unbranched alkanes of at least 4 members (excludes halogenated alkanes) is 34. The summed E-state index contributed by atoms with van der Waals surface area (Å²) in [5, 5.41) is 10.5. The standard InChI is InChI=1S/C65H126O17P2/c1-7-9-11-13-15-17-19-20-21-23-25-29-37-43-49-64(69)81-60(53-75-62(67)47-41-35-28-24-22-18-16-14-12-10-8-2)55-79-83(71,72)77-51-59(66)52-78-84(73,74)80-56-61(54-76-63(68)48-42-36-32-31-34-40-46-58(5)6)82-65(70)50-44-38-30-26-27-33-39-45-57(3)4/h57-61,66H,7-56H2,1-6H3,(H,71,72)(H,73,74)/t59-,60-,61-/m1/s1. The lowest BCUT2D eigenvalue weighted by molar-refractivity contribution is -0.161. The molecule has 0 aromatic rings. The molecular formula is C65H126O17P2. The maximum atomic E-state index is 13.0. The van der Waals surface area contributed by atoms with Gasteiger partial charge in [0, 0.05) is 25.7 Å². The van der Waals surface area contributed by atoms with Crippen LogP contribution in [0.5, 0.6) is 0 Å². The maximum Gasteiger partial charge on any atom is 0.472 e. The molecule has 0 radical (unpaired) electrons. The van der Waals surface area contributed by atoms with Gasteiger partial charge in [0.1, 0.15) is 19.3 Å². The molecule has 19 heteroatoms. The summed E-state index contributed by atoms with van der Waals surface area (Å²) in [4.78, 5) is 72.2. The van der Waals surface area contributed by atoms with Crippen LogP contribution >= 0.6 is 15.6 Å². The van der Waals surface area contributed by atoms with Crippen molar-refractivity contribution in [1.82, 2.24) is 0 Å². The summed E-state index contributed by atoms with van der Waals surface area (Å²) in [6.45, 7) is 9.36. The van der Waals surface area contributed by atoms with Gasteiger partial charge < -0.3 is 33.8 Å². The number of hydrogen-bond donors (Lipinski definition) is 3. The molecule has 0 amide bonds. The summed E-state index contributed by atoms with van der Waals surface area (Å²) in [6, 6.07) is 0. The van der Waals surface area contributed by atoms with Crippen LogP contribution in [0.3, 0.4) is 0 Å². The Balaban J connectivity index is 5.24. The van der Waals surface area contributed by atoms with Crippen LogP contribution in [-0.2, 0) is 65.4 Å². The van der Waals surface area contributed by atoms with Crippen molar-refractivity contribution in [2.24, 2.45) is 11.8 Å². The Bertz CT molecular complexity index is 1650. The van der Waals surface area contributed by atoms with Gasteiger partial charge in [0.05, 0.1) is 26.4 Å². The van der Waals surface area contributed by atoms with Crippen molar-refractivity contribution in [1.29, 1.82) is 0 Å². The van der Waals surface area contributed by atoms with Crippen LogP contribution in [0.15, 0.2) is 0 Å². The Hall–Kier alpha value is -1.94. The highest BCUT2D eigenvalue weighted by molar-refractivity contribution is 7.47. The van der Waals surface area contributed by atoms with E-state index in [9.17, 15) is 43.2 Å². The van der Waals surface area contributed by atoms with E-state index in [0.717, 1.165) is 96.3 Å². The molecule has 17 nitrogen and oxygen atoms in total. The summed E-state index contributed by atoms with van der Waals surface area (Å²) in [6.07, 6.45) is 40.5. The molecule has 0 aliphatic heterocycles. The second kappa shape index (κ2) is 57.5. The second-order valence-corrected chi connectivity index (χ2v) is 27.4.